The van der Waals surface area contributed by atoms with Crippen LogP contribution in [0.2, 0.25) is 0 Å². The minimum atomic E-state index is -0.635. The number of hydrogen-bond donors (Lipinski definition) is 0. The number of nitrogens with zero attached hydrogens (tertiary/aromatic N) is 1. The third-order valence-corrected chi connectivity index (χ3v) is 2.94. The van der Waals surface area contributed by atoms with Crippen molar-refractivity contribution in [2.75, 3.05) is 13.1 Å². The Bertz CT molecular complexity index is 121. The Hall–Kier alpha value is -0.110. The first-order valence-corrected chi connectivity index (χ1v) is 6.03. The van der Waals surface area contributed by atoms with Gasteiger partial charge in [-0.2, -0.15) is 0 Å². The molecule has 0 aromatic heterocycles. The molecule has 0 spiro atoms. The Morgan fingerprint density at radius 2 is 1.64 bits per heavy atom. The number of hydrogen-bond acceptors (Lipinski definition) is 1. The average Bonchev–Trinajstić information content (AvgIpc) is 2.16. The van der Waals surface area contributed by atoms with Gasteiger partial charge in [0, 0.05) is 6.04 Å². The zero-order chi connectivity index (χ0) is 11.0. The molecule has 0 fully saturated rings. The van der Waals surface area contributed by atoms with E-state index in [4.69, 9.17) is 0 Å². The fourth-order valence-electron chi connectivity index (χ4n) is 2.02. The highest BCUT2D eigenvalue weighted by Gasteiger charge is 2.13. The van der Waals surface area contributed by atoms with Gasteiger partial charge in [0.2, 0.25) is 0 Å². The molecule has 0 aliphatic carbocycles. The van der Waals surface area contributed by atoms with Gasteiger partial charge in [-0.15, -0.1) is 0 Å². The molecule has 0 aliphatic rings. The van der Waals surface area contributed by atoms with Crippen molar-refractivity contribution in [2.45, 2.75) is 65.6 Å². The predicted octanol–water partition coefficient (Wildman–Crippen LogP) is 3.64. The maximum atomic E-state index is 12.6. The summed E-state index contributed by atoms with van der Waals surface area (Å²) in [6.45, 7) is 10.5. The summed E-state index contributed by atoms with van der Waals surface area (Å²) in [5.41, 5.74) is 0. The molecular weight excluding hydrogens is 177 g/mol. The molecular formula is C12H26FN. The lowest BCUT2D eigenvalue weighted by Gasteiger charge is -2.28. The molecule has 0 aliphatic heterocycles. The van der Waals surface area contributed by atoms with Gasteiger partial charge in [-0.3, -0.25) is 0 Å². The summed E-state index contributed by atoms with van der Waals surface area (Å²) >= 11 is 0. The molecule has 1 nitrogen and oxygen atoms in total. The molecule has 0 heterocycles. The number of alkyl halides is 1. The molecule has 0 bridgehead atoms. The van der Waals surface area contributed by atoms with Gasteiger partial charge in [0.1, 0.15) is 0 Å². The fourth-order valence-corrected chi connectivity index (χ4v) is 2.02. The number of halogens is 1. The highest BCUT2D eigenvalue weighted by atomic mass is 19.1. The van der Waals surface area contributed by atoms with E-state index in [-0.39, 0.29) is 0 Å². The Labute approximate surface area is 88.7 Å². The Morgan fingerprint density at radius 1 is 1.07 bits per heavy atom. The lowest BCUT2D eigenvalue weighted by molar-refractivity contribution is 0.192. The largest absolute Gasteiger partial charge is 0.301 e. The molecule has 0 radical (unpaired) electrons. The average molecular weight is 203 g/mol. The summed E-state index contributed by atoms with van der Waals surface area (Å²) < 4.78 is 12.6. The second-order valence-electron chi connectivity index (χ2n) is 3.99. The summed E-state index contributed by atoms with van der Waals surface area (Å²) in [4.78, 5) is 2.48. The smallest absolute Gasteiger partial charge is 0.0973 e. The Kier molecular flexibility index (Phi) is 8.15. The van der Waals surface area contributed by atoms with Crippen molar-refractivity contribution in [2.24, 2.45) is 0 Å². The van der Waals surface area contributed by atoms with Crippen LogP contribution < -0.4 is 0 Å². The number of rotatable bonds is 8. The van der Waals surface area contributed by atoms with Crippen LogP contribution in [-0.2, 0) is 0 Å². The summed E-state index contributed by atoms with van der Waals surface area (Å²) in [6, 6.07) is 0.656. The van der Waals surface area contributed by atoms with Crippen molar-refractivity contribution in [3.8, 4) is 0 Å². The Morgan fingerprint density at radius 3 is 2.00 bits per heavy atom. The van der Waals surface area contributed by atoms with E-state index in [9.17, 15) is 4.39 Å². The summed E-state index contributed by atoms with van der Waals surface area (Å²) in [5.74, 6) is 0. The van der Waals surface area contributed by atoms with Crippen LogP contribution >= 0.6 is 0 Å². The standard InChI is InChI=1S/C12H26FN/c1-5-12(14(6-2)7-3)10-8-9-11(4)13/h11-12H,5-10H2,1-4H3. The van der Waals surface area contributed by atoms with Crippen LogP contribution in [-0.4, -0.2) is 30.2 Å². The van der Waals surface area contributed by atoms with E-state index in [0.29, 0.717) is 6.04 Å². The normalized spacial score (nSPS) is 15.9. The first-order chi connectivity index (χ1) is 6.65. The lowest BCUT2D eigenvalue weighted by atomic mass is 10.0. The maximum absolute atomic E-state index is 12.6. The maximum Gasteiger partial charge on any atom is 0.0973 e. The molecule has 0 amide bonds. The third-order valence-electron chi connectivity index (χ3n) is 2.94. The SMILES string of the molecule is CCC(CCCC(C)F)N(CC)CC. The monoisotopic (exact) mass is 203 g/mol. The summed E-state index contributed by atoms with van der Waals surface area (Å²) in [6.07, 6.45) is 3.43. The van der Waals surface area contributed by atoms with E-state index < -0.39 is 6.17 Å². The van der Waals surface area contributed by atoms with Gasteiger partial charge in [-0.25, -0.2) is 4.39 Å². The lowest BCUT2D eigenvalue weighted by Crippen LogP contribution is -2.34. The van der Waals surface area contributed by atoms with Crippen molar-refractivity contribution >= 4 is 0 Å². The Balaban J connectivity index is 3.77. The van der Waals surface area contributed by atoms with Crippen molar-refractivity contribution < 1.29 is 4.39 Å². The molecule has 86 valence electrons. The zero-order valence-corrected chi connectivity index (χ0v) is 10.2. The topological polar surface area (TPSA) is 3.24 Å². The van der Waals surface area contributed by atoms with Gasteiger partial charge in [-0.1, -0.05) is 20.8 Å². The minimum absolute atomic E-state index is 0.635. The molecule has 0 saturated carbocycles. The first-order valence-electron chi connectivity index (χ1n) is 6.03. The third kappa shape index (κ3) is 5.58. The van der Waals surface area contributed by atoms with Gasteiger partial charge >= 0.3 is 0 Å². The van der Waals surface area contributed by atoms with E-state index >= 15 is 0 Å². The molecule has 2 heteroatoms. The van der Waals surface area contributed by atoms with Gasteiger partial charge < -0.3 is 4.90 Å². The summed E-state index contributed by atoms with van der Waals surface area (Å²) in [7, 11) is 0. The fraction of sp³-hybridized carbons (Fsp3) is 1.00. The van der Waals surface area contributed by atoms with Crippen molar-refractivity contribution in [3.63, 3.8) is 0 Å². The van der Waals surface area contributed by atoms with Crippen molar-refractivity contribution in [1.29, 1.82) is 0 Å². The van der Waals surface area contributed by atoms with E-state index in [1.165, 1.54) is 6.42 Å². The molecule has 0 aromatic rings. The molecule has 2 unspecified atom stereocenters. The van der Waals surface area contributed by atoms with Gasteiger partial charge in [0.25, 0.3) is 0 Å². The van der Waals surface area contributed by atoms with Crippen LogP contribution in [0.3, 0.4) is 0 Å². The van der Waals surface area contributed by atoms with Crippen molar-refractivity contribution in [1.82, 2.24) is 4.90 Å². The van der Waals surface area contributed by atoms with E-state index in [1.54, 1.807) is 6.92 Å². The molecule has 0 N–H and O–H groups in total. The molecule has 0 aromatic carbocycles. The second kappa shape index (κ2) is 8.22. The molecule has 14 heavy (non-hydrogen) atoms. The van der Waals surface area contributed by atoms with E-state index in [2.05, 4.69) is 25.7 Å². The van der Waals surface area contributed by atoms with Gasteiger partial charge in [0.15, 0.2) is 0 Å². The molecule has 0 saturated heterocycles. The molecule has 2 atom stereocenters. The van der Waals surface area contributed by atoms with Crippen molar-refractivity contribution in [3.05, 3.63) is 0 Å². The minimum Gasteiger partial charge on any atom is -0.301 e. The molecule has 0 rings (SSSR count). The van der Waals surface area contributed by atoms with Crippen LogP contribution in [0.5, 0.6) is 0 Å². The van der Waals surface area contributed by atoms with Gasteiger partial charge in [-0.05, 0) is 45.7 Å². The van der Waals surface area contributed by atoms with Gasteiger partial charge in [0.05, 0.1) is 6.17 Å². The van der Waals surface area contributed by atoms with Crippen LogP contribution in [0.4, 0.5) is 4.39 Å². The second-order valence-corrected chi connectivity index (χ2v) is 3.99. The zero-order valence-electron chi connectivity index (χ0n) is 10.2. The van der Waals surface area contributed by atoms with E-state index in [0.717, 1.165) is 32.4 Å². The quantitative estimate of drug-likeness (QED) is 0.582. The van der Waals surface area contributed by atoms with E-state index in [1.807, 2.05) is 0 Å². The predicted molar refractivity (Wildman–Crippen MR) is 61.4 cm³/mol. The highest BCUT2D eigenvalue weighted by molar-refractivity contribution is 4.68. The first kappa shape index (κ1) is 13.9. The highest BCUT2D eigenvalue weighted by Crippen LogP contribution is 2.13. The van der Waals surface area contributed by atoms with Crippen LogP contribution in [0.25, 0.3) is 0 Å². The van der Waals surface area contributed by atoms with Crippen LogP contribution in [0.1, 0.15) is 53.4 Å². The van der Waals surface area contributed by atoms with Crippen LogP contribution in [0, 0.1) is 0 Å². The van der Waals surface area contributed by atoms with Crippen LogP contribution in [0.15, 0.2) is 0 Å². The summed E-state index contributed by atoms with van der Waals surface area (Å²) in [5, 5.41) is 0.